The Morgan fingerprint density at radius 2 is 2.20 bits per heavy atom. The molecule has 4 heterocycles. The topological polar surface area (TPSA) is 45.6 Å². The largest absolute Gasteiger partial charge is 0.497 e. The number of benzene rings is 1. The molecule has 3 aliphatic rings. The van der Waals surface area contributed by atoms with E-state index >= 15 is 0 Å². The van der Waals surface area contributed by atoms with Crippen molar-refractivity contribution in [3.05, 3.63) is 48.7 Å². The highest BCUT2D eigenvalue weighted by Crippen LogP contribution is 2.40. The zero-order chi connectivity index (χ0) is 17.4. The minimum Gasteiger partial charge on any atom is -0.497 e. The number of aromatic nitrogens is 1. The second kappa shape index (κ2) is 6.77. The van der Waals surface area contributed by atoms with Crippen LogP contribution in [0.25, 0.3) is 10.9 Å². The third kappa shape index (κ3) is 2.94. The molecule has 0 radical (unpaired) electrons. The fourth-order valence-corrected chi connectivity index (χ4v) is 4.65. The first-order valence-electron chi connectivity index (χ1n) is 9.18. The van der Waals surface area contributed by atoms with Crippen molar-refractivity contribution >= 4 is 10.9 Å². The Balaban J connectivity index is 1.70. The van der Waals surface area contributed by atoms with E-state index in [0.717, 1.165) is 47.6 Å². The molecule has 1 unspecified atom stereocenters. The molecule has 0 spiro atoms. The zero-order valence-electron chi connectivity index (χ0n) is 14.8. The molecule has 132 valence electrons. The van der Waals surface area contributed by atoms with Crippen molar-refractivity contribution in [1.29, 1.82) is 0 Å². The van der Waals surface area contributed by atoms with E-state index in [1.807, 2.05) is 24.3 Å². The summed E-state index contributed by atoms with van der Waals surface area (Å²) in [5, 5.41) is 12.3. The number of fused-ring (bicyclic) bond motifs is 5. The van der Waals surface area contributed by atoms with Gasteiger partial charge in [0.2, 0.25) is 0 Å². The average Bonchev–Trinajstić information content (AvgIpc) is 2.98. The van der Waals surface area contributed by atoms with Crippen molar-refractivity contribution in [1.82, 2.24) is 9.88 Å². The number of piperidine rings is 1. The number of rotatable bonds is 4. The van der Waals surface area contributed by atoms with Crippen LogP contribution in [0.15, 0.2) is 43.1 Å². The van der Waals surface area contributed by atoms with E-state index in [4.69, 9.17) is 4.74 Å². The van der Waals surface area contributed by atoms with E-state index in [2.05, 4.69) is 22.5 Å². The summed E-state index contributed by atoms with van der Waals surface area (Å²) in [7, 11) is 1.67. The van der Waals surface area contributed by atoms with Crippen molar-refractivity contribution in [3.63, 3.8) is 0 Å². The third-order valence-corrected chi connectivity index (χ3v) is 6.11. The normalized spacial score (nSPS) is 30.0. The monoisotopic (exact) mass is 338 g/mol. The van der Waals surface area contributed by atoms with Crippen LogP contribution in [-0.4, -0.2) is 41.2 Å². The lowest BCUT2D eigenvalue weighted by atomic mass is 9.85. The molecule has 3 aliphatic heterocycles. The average molecular weight is 338 g/mol. The highest BCUT2D eigenvalue weighted by atomic mass is 16.5. The number of aliphatic hydroxyl groups excluding tert-OH is 1. The molecule has 25 heavy (non-hydrogen) atoms. The highest BCUT2D eigenvalue weighted by molar-refractivity contribution is 5.83. The van der Waals surface area contributed by atoms with Crippen LogP contribution in [-0.2, 0) is 0 Å². The Morgan fingerprint density at radius 1 is 1.32 bits per heavy atom. The van der Waals surface area contributed by atoms with Gasteiger partial charge < -0.3 is 9.84 Å². The maximum absolute atomic E-state index is 11.3. The second-order valence-corrected chi connectivity index (χ2v) is 7.32. The first-order valence-corrected chi connectivity index (χ1v) is 9.18. The fraction of sp³-hybridized carbons (Fsp3) is 0.476. The van der Waals surface area contributed by atoms with Crippen LogP contribution in [0.5, 0.6) is 5.75 Å². The van der Waals surface area contributed by atoms with Gasteiger partial charge in [-0.15, -0.1) is 6.58 Å². The molecular formula is C21H26N2O2. The van der Waals surface area contributed by atoms with Crippen molar-refractivity contribution in [2.24, 2.45) is 11.8 Å². The summed E-state index contributed by atoms with van der Waals surface area (Å²) in [5.41, 5.74) is 1.85. The lowest BCUT2D eigenvalue weighted by molar-refractivity contribution is 0.0379. The Hall–Kier alpha value is -1.91. The molecule has 5 atom stereocenters. The molecule has 0 amide bonds. The number of pyridine rings is 1. The molecule has 5 rings (SSSR count). The van der Waals surface area contributed by atoms with Crippen molar-refractivity contribution in [3.8, 4) is 5.75 Å². The SMILES string of the molecule is C=C[C@H]1CN2CC[C@@H]1CC[C@H]2[C@H](O)c1ccnc2ccc(OC)cc12. The van der Waals surface area contributed by atoms with E-state index in [0.29, 0.717) is 5.92 Å². The van der Waals surface area contributed by atoms with Gasteiger partial charge in [0.1, 0.15) is 5.75 Å². The fourth-order valence-electron chi connectivity index (χ4n) is 4.65. The highest BCUT2D eigenvalue weighted by Gasteiger charge is 2.38. The van der Waals surface area contributed by atoms with E-state index in [1.54, 1.807) is 13.3 Å². The van der Waals surface area contributed by atoms with Gasteiger partial charge in [-0.3, -0.25) is 9.88 Å². The predicted octanol–water partition coefficient (Wildman–Crippen LogP) is 3.56. The minimum atomic E-state index is -0.514. The summed E-state index contributed by atoms with van der Waals surface area (Å²) in [6.07, 6.45) is 6.80. The quantitative estimate of drug-likeness (QED) is 0.866. The van der Waals surface area contributed by atoms with Gasteiger partial charge in [0.05, 0.1) is 18.7 Å². The minimum absolute atomic E-state index is 0.159. The molecule has 3 fully saturated rings. The molecule has 4 nitrogen and oxygen atoms in total. The summed E-state index contributed by atoms with van der Waals surface area (Å²) in [6, 6.07) is 7.97. The summed E-state index contributed by atoms with van der Waals surface area (Å²) in [4.78, 5) is 6.91. The third-order valence-electron chi connectivity index (χ3n) is 6.11. The van der Waals surface area contributed by atoms with Crippen molar-refractivity contribution in [2.45, 2.75) is 31.4 Å². The summed E-state index contributed by atoms with van der Waals surface area (Å²) >= 11 is 0. The molecule has 4 heteroatoms. The van der Waals surface area contributed by atoms with Crippen molar-refractivity contribution in [2.75, 3.05) is 20.2 Å². The Kier molecular flexibility index (Phi) is 4.48. The number of aliphatic hydroxyl groups is 1. The van der Waals surface area contributed by atoms with Gasteiger partial charge in [0.15, 0.2) is 0 Å². The summed E-state index contributed by atoms with van der Waals surface area (Å²) in [5.74, 6) is 2.07. The molecule has 1 aromatic carbocycles. The Bertz CT molecular complexity index is 776. The molecule has 2 bridgehead atoms. The maximum Gasteiger partial charge on any atom is 0.119 e. The van der Waals surface area contributed by atoms with Crippen LogP contribution in [0, 0.1) is 11.8 Å². The van der Waals surface area contributed by atoms with Gasteiger partial charge in [0, 0.05) is 24.2 Å². The molecule has 1 aromatic heterocycles. The Labute approximate surface area is 149 Å². The molecule has 2 aromatic rings. The lowest BCUT2D eigenvalue weighted by Gasteiger charge is -2.38. The van der Waals surface area contributed by atoms with E-state index in [1.165, 1.54) is 12.8 Å². The van der Waals surface area contributed by atoms with Gasteiger partial charge in [0.25, 0.3) is 0 Å². The Morgan fingerprint density at radius 3 is 3.00 bits per heavy atom. The zero-order valence-corrected chi connectivity index (χ0v) is 14.8. The van der Waals surface area contributed by atoms with Gasteiger partial charge in [-0.25, -0.2) is 0 Å². The first kappa shape index (κ1) is 16.6. The number of nitrogens with zero attached hydrogens (tertiary/aromatic N) is 2. The van der Waals surface area contributed by atoms with Gasteiger partial charge in [-0.05, 0) is 67.5 Å². The predicted molar refractivity (Wildman–Crippen MR) is 99.6 cm³/mol. The molecule has 1 N–H and O–H groups in total. The number of methoxy groups -OCH3 is 1. The standard InChI is InChI=1S/C21H26N2O2/c1-3-14-13-23-11-9-15(14)4-7-20(23)21(24)17-8-10-22-19-6-5-16(25-2)12-18(17)19/h3,5-6,8,10,12,14-15,20-21,24H,1,4,7,9,11,13H2,2H3/t14-,15-,20-,21+/m0/s1. The van der Waals surface area contributed by atoms with Crippen molar-refractivity contribution < 1.29 is 9.84 Å². The number of hydrogen-bond acceptors (Lipinski definition) is 4. The van der Waals surface area contributed by atoms with E-state index in [9.17, 15) is 5.11 Å². The summed E-state index contributed by atoms with van der Waals surface area (Å²) in [6.45, 7) is 6.11. The van der Waals surface area contributed by atoms with Crippen LogP contribution in [0.1, 0.15) is 30.9 Å². The van der Waals surface area contributed by atoms with Crippen LogP contribution in [0.4, 0.5) is 0 Å². The van der Waals surface area contributed by atoms with Gasteiger partial charge >= 0.3 is 0 Å². The molecule has 3 saturated heterocycles. The van der Waals surface area contributed by atoms with E-state index in [-0.39, 0.29) is 6.04 Å². The van der Waals surface area contributed by atoms with Crippen LogP contribution < -0.4 is 4.74 Å². The second-order valence-electron chi connectivity index (χ2n) is 7.32. The number of ether oxygens (including phenoxy) is 1. The van der Waals surface area contributed by atoms with Crippen LogP contribution >= 0.6 is 0 Å². The maximum atomic E-state index is 11.3. The van der Waals surface area contributed by atoms with E-state index < -0.39 is 6.10 Å². The number of hydrogen-bond donors (Lipinski definition) is 1. The molecule has 0 saturated carbocycles. The van der Waals surface area contributed by atoms with Gasteiger partial charge in [-0.2, -0.15) is 0 Å². The van der Waals surface area contributed by atoms with Crippen LogP contribution in [0.3, 0.4) is 0 Å². The molecule has 0 aliphatic carbocycles. The van der Waals surface area contributed by atoms with Crippen LogP contribution in [0.2, 0.25) is 0 Å². The first-order chi connectivity index (χ1) is 12.2. The summed E-state index contributed by atoms with van der Waals surface area (Å²) < 4.78 is 5.37. The lowest BCUT2D eigenvalue weighted by Crippen LogP contribution is -2.44. The molecular weight excluding hydrogens is 312 g/mol. The smallest absolute Gasteiger partial charge is 0.119 e. The van der Waals surface area contributed by atoms with Gasteiger partial charge in [-0.1, -0.05) is 6.08 Å².